The Morgan fingerprint density at radius 1 is 0.895 bits per heavy atom. The van der Waals surface area contributed by atoms with Crippen LogP contribution >= 0.6 is 0 Å². The topological polar surface area (TPSA) is 64.9 Å². The van der Waals surface area contributed by atoms with Crippen LogP contribution < -0.4 is 5.73 Å². The summed E-state index contributed by atoms with van der Waals surface area (Å²) < 4.78 is 18.7. The number of nitrogens with zero attached hydrogens (tertiary/aromatic N) is 2. The lowest BCUT2D eigenvalue weighted by atomic mass is 10.2. The highest BCUT2D eigenvalue weighted by Gasteiger charge is 2.10. The van der Waals surface area contributed by atoms with Crippen molar-refractivity contribution in [2.45, 2.75) is 0 Å². The Balaban J connectivity index is 2.00. The van der Waals surface area contributed by atoms with Crippen LogP contribution in [0, 0.1) is 5.82 Å². The first-order valence-corrected chi connectivity index (χ1v) is 5.68. The second kappa shape index (κ2) is 4.53. The highest BCUT2D eigenvalue weighted by molar-refractivity contribution is 5.61. The molecule has 19 heavy (non-hydrogen) atoms. The molecule has 0 spiro atoms. The van der Waals surface area contributed by atoms with Crippen LogP contribution in [0.5, 0.6) is 0 Å². The normalized spacial score (nSPS) is 10.6. The average molecular weight is 255 g/mol. The van der Waals surface area contributed by atoms with Crippen LogP contribution in [-0.4, -0.2) is 10.2 Å². The van der Waals surface area contributed by atoms with Crippen LogP contribution in [0.1, 0.15) is 0 Å². The Labute approximate surface area is 108 Å². The molecule has 0 unspecified atom stereocenters. The van der Waals surface area contributed by atoms with Gasteiger partial charge in [-0.15, -0.1) is 10.2 Å². The third-order valence-corrected chi connectivity index (χ3v) is 2.63. The third-order valence-electron chi connectivity index (χ3n) is 2.63. The molecule has 2 N–H and O–H groups in total. The Hall–Kier alpha value is -2.69. The van der Waals surface area contributed by atoms with E-state index in [9.17, 15) is 4.39 Å². The summed E-state index contributed by atoms with van der Waals surface area (Å²) in [5.74, 6) is 0.282. The van der Waals surface area contributed by atoms with Crippen molar-refractivity contribution < 1.29 is 8.81 Å². The molecular formula is C14H10FN3O. The van der Waals surface area contributed by atoms with Gasteiger partial charge in [0.05, 0.1) is 0 Å². The molecule has 0 bridgehead atoms. The molecule has 0 aliphatic heterocycles. The number of anilines is 1. The largest absolute Gasteiger partial charge is 0.416 e. The monoisotopic (exact) mass is 255 g/mol. The molecule has 0 radical (unpaired) electrons. The first kappa shape index (κ1) is 11.4. The van der Waals surface area contributed by atoms with Crippen molar-refractivity contribution in [3.05, 3.63) is 54.3 Å². The van der Waals surface area contributed by atoms with E-state index in [4.69, 9.17) is 10.2 Å². The van der Waals surface area contributed by atoms with Gasteiger partial charge in [0.25, 0.3) is 0 Å². The lowest BCUT2D eigenvalue weighted by molar-refractivity contribution is 0.582. The molecule has 0 aliphatic rings. The number of nitrogens with two attached hydrogens (primary N) is 1. The number of aromatic nitrogens is 2. The first-order valence-electron chi connectivity index (χ1n) is 5.68. The second-order valence-corrected chi connectivity index (χ2v) is 4.05. The zero-order valence-electron chi connectivity index (χ0n) is 9.88. The summed E-state index contributed by atoms with van der Waals surface area (Å²) in [5, 5.41) is 7.85. The Morgan fingerprint density at radius 2 is 1.53 bits per heavy atom. The predicted octanol–water partition coefficient (Wildman–Crippen LogP) is 3.12. The average Bonchev–Trinajstić information content (AvgIpc) is 2.88. The van der Waals surface area contributed by atoms with Gasteiger partial charge in [0.1, 0.15) is 5.82 Å². The van der Waals surface area contributed by atoms with Gasteiger partial charge in [-0.3, -0.25) is 0 Å². The Kier molecular flexibility index (Phi) is 2.72. The number of halogens is 1. The summed E-state index contributed by atoms with van der Waals surface area (Å²) in [6.45, 7) is 0. The third kappa shape index (κ3) is 2.30. The smallest absolute Gasteiger partial charge is 0.248 e. The number of rotatable bonds is 2. The van der Waals surface area contributed by atoms with Gasteiger partial charge in [0, 0.05) is 16.8 Å². The van der Waals surface area contributed by atoms with Gasteiger partial charge < -0.3 is 10.2 Å². The van der Waals surface area contributed by atoms with E-state index in [-0.39, 0.29) is 11.7 Å². The molecule has 1 aromatic heterocycles. The SMILES string of the molecule is Nc1cccc(-c2nnc(-c3cccc(F)c3)o2)c1. The Bertz CT molecular complexity index is 664. The van der Waals surface area contributed by atoms with Gasteiger partial charge in [0.2, 0.25) is 11.8 Å². The highest BCUT2D eigenvalue weighted by Crippen LogP contribution is 2.25. The fourth-order valence-corrected chi connectivity index (χ4v) is 1.75. The minimum absolute atomic E-state index is 0.275. The highest BCUT2D eigenvalue weighted by atomic mass is 19.1. The molecule has 4 nitrogen and oxygen atoms in total. The molecule has 0 atom stereocenters. The number of hydrogen-bond donors (Lipinski definition) is 1. The van der Waals surface area contributed by atoms with Crippen molar-refractivity contribution in [3.63, 3.8) is 0 Å². The fraction of sp³-hybridized carbons (Fsp3) is 0. The van der Waals surface area contributed by atoms with Crippen LogP contribution in [-0.2, 0) is 0 Å². The molecule has 3 aromatic rings. The molecule has 0 saturated heterocycles. The van der Waals surface area contributed by atoms with Crippen LogP contribution in [0.4, 0.5) is 10.1 Å². The second-order valence-electron chi connectivity index (χ2n) is 4.05. The lowest BCUT2D eigenvalue weighted by Gasteiger charge is -1.96. The molecule has 0 amide bonds. The molecule has 2 aromatic carbocycles. The maximum absolute atomic E-state index is 13.1. The van der Waals surface area contributed by atoms with Crippen molar-refractivity contribution >= 4 is 5.69 Å². The van der Waals surface area contributed by atoms with E-state index >= 15 is 0 Å². The van der Waals surface area contributed by atoms with Crippen molar-refractivity contribution in [2.75, 3.05) is 5.73 Å². The van der Waals surface area contributed by atoms with E-state index in [0.29, 0.717) is 17.1 Å². The van der Waals surface area contributed by atoms with Crippen molar-refractivity contribution in [2.24, 2.45) is 0 Å². The number of hydrogen-bond acceptors (Lipinski definition) is 4. The van der Waals surface area contributed by atoms with Gasteiger partial charge in [-0.05, 0) is 36.4 Å². The molecule has 5 heteroatoms. The minimum atomic E-state index is -0.346. The zero-order chi connectivity index (χ0) is 13.2. The zero-order valence-corrected chi connectivity index (χ0v) is 9.88. The number of nitrogen functional groups attached to an aromatic ring is 1. The summed E-state index contributed by atoms with van der Waals surface area (Å²) >= 11 is 0. The standard InChI is InChI=1S/C14H10FN3O/c15-11-5-1-3-9(7-11)13-17-18-14(19-13)10-4-2-6-12(16)8-10/h1-8H,16H2. The summed E-state index contributed by atoms with van der Waals surface area (Å²) in [5.41, 5.74) is 7.58. The Morgan fingerprint density at radius 3 is 2.16 bits per heavy atom. The van der Waals surface area contributed by atoms with Gasteiger partial charge in [-0.2, -0.15) is 0 Å². The summed E-state index contributed by atoms with van der Waals surface area (Å²) in [4.78, 5) is 0. The summed E-state index contributed by atoms with van der Waals surface area (Å²) in [6.07, 6.45) is 0. The van der Waals surface area contributed by atoms with E-state index in [1.165, 1.54) is 12.1 Å². The van der Waals surface area contributed by atoms with E-state index < -0.39 is 0 Å². The van der Waals surface area contributed by atoms with Gasteiger partial charge in [-0.25, -0.2) is 4.39 Å². The molecule has 0 saturated carbocycles. The molecule has 0 aliphatic carbocycles. The molecule has 3 rings (SSSR count). The predicted molar refractivity (Wildman–Crippen MR) is 69.5 cm³/mol. The fourth-order valence-electron chi connectivity index (χ4n) is 1.75. The van der Waals surface area contributed by atoms with Crippen LogP contribution in [0.2, 0.25) is 0 Å². The van der Waals surface area contributed by atoms with E-state index in [0.717, 1.165) is 5.56 Å². The summed E-state index contributed by atoms with van der Waals surface area (Å²) in [7, 11) is 0. The van der Waals surface area contributed by atoms with Gasteiger partial charge >= 0.3 is 0 Å². The van der Waals surface area contributed by atoms with E-state index in [1.807, 2.05) is 6.07 Å². The van der Waals surface area contributed by atoms with Gasteiger partial charge in [-0.1, -0.05) is 12.1 Å². The van der Waals surface area contributed by atoms with Crippen LogP contribution in [0.3, 0.4) is 0 Å². The molecule has 1 heterocycles. The lowest BCUT2D eigenvalue weighted by Crippen LogP contribution is -1.84. The molecular weight excluding hydrogens is 245 g/mol. The molecule has 94 valence electrons. The van der Waals surface area contributed by atoms with Crippen molar-refractivity contribution in [1.29, 1.82) is 0 Å². The quantitative estimate of drug-likeness (QED) is 0.714. The van der Waals surface area contributed by atoms with E-state index in [2.05, 4.69) is 10.2 Å². The van der Waals surface area contributed by atoms with E-state index in [1.54, 1.807) is 30.3 Å². The molecule has 0 fully saturated rings. The van der Waals surface area contributed by atoms with Crippen LogP contribution in [0.15, 0.2) is 52.9 Å². The maximum atomic E-state index is 13.1. The van der Waals surface area contributed by atoms with Crippen LogP contribution in [0.25, 0.3) is 22.9 Å². The first-order chi connectivity index (χ1) is 9.22. The summed E-state index contributed by atoms with van der Waals surface area (Å²) in [6, 6.07) is 13.1. The van der Waals surface area contributed by atoms with Crippen molar-refractivity contribution in [3.8, 4) is 22.9 Å². The maximum Gasteiger partial charge on any atom is 0.248 e. The number of benzene rings is 2. The van der Waals surface area contributed by atoms with Crippen molar-refractivity contribution in [1.82, 2.24) is 10.2 Å². The van der Waals surface area contributed by atoms with Gasteiger partial charge in [0.15, 0.2) is 0 Å². The minimum Gasteiger partial charge on any atom is -0.416 e.